The Morgan fingerprint density at radius 1 is 1.29 bits per heavy atom. The van der Waals surface area contributed by atoms with Crippen LogP contribution >= 0.6 is 19.5 Å². The van der Waals surface area contributed by atoms with E-state index in [1.807, 2.05) is 30.3 Å². The maximum atomic E-state index is 13.8. The lowest BCUT2D eigenvalue weighted by Gasteiger charge is -2.27. The van der Waals surface area contributed by atoms with Crippen LogP contribution in [0.3, 0.4) is 0 Å². The first-order valence-electron chi connectivity index (χ1n) is 13.8. The highest BCUT2D eigenvalue weighted by atomic mass is 32.2. The van der Waals surface area contributed by atoms with Crippen molar-refractivity contribution in [1.29, 1.82) is 0 Å². The summed E-state index contributed by atoms with van der Waals surface area (Å²) in [5.41, 5.74) is -1.65. The molecule has 6 N–H and O–H groups in total. The van der Waals surface area contributed by atoms with Crippen LogP contribution in [0, 0.1) is 5.41 Å². The van der Waals surface area contributed by atoms with Gasteiger partial charge in [-0.3, -0.25) is 18.4 Å². The van der Waals surface area contributed by atoms with Gasteiger partial charge < -0.3 is 30.6 Å². The Kier molecular flexibility index (Phi) is 11.3. The van der Waals surface area contributed by atoms with Crippen LogP contribution in [0.25, 0.3) is 11.2 Å². The molecule has 19 heteroatoms. The zero-order valence-corrected chi connectivity index (χ0v) is 26.8. The van der Waals surface area contributed by atoms with E-state index in [0.717, 1.165) is 17.3 Å². The second-order valence-corrected chi connectivity index (χ2v) is 13.8. The summed E-state index contributed by atoms with van der Waals surface area (Å²) in [6.07, 6.45) is -2.59. The second-order valence-electron chi connectivity index (χ2n) is 10.9. The molecule has 1 aliphatic heterocycles. The third kappa shape index (κ3) is 8.03. The molecular weight excluding hydrogens is 631 g/mol. The summed E-state index contributed by atoms with van der Waals surface area (Å²) in [5, 5.41) is 41.2. The van der Waals surface area contributed by atoms with Crippen LogP contribution in [-0.2, 0) is 29.7 Å². The molecule has 1 fully saturated rings. The fraction of sp³-hybridized carbons (Fsp3) is 0.538. The first-order chi connectivity index (χ1) is 21.3. The molecule has 1 saturated heterocycles. The van der Waals surface area contributed by atoms with Crippen molar-refractivity contribution in [1.82, 2.24) is 24.6 Å². The fourth-order valence-corrected chi connectivity index (χ4v) is 6.54. The van der Waals surface area contributed by atoms with Crippen molar-refractivity contribution in [2.75, 3.05) is 32.7 Å². The molecule has 246 valence electrons. The van der Waals surface area contributed by atoms with Crippen LogP contribution in [-0.4, -0.2) is 90.4 Å². The van der Waals surface area contributed by atoms with Crippen molar-refractivity contribution in [3.8, 4) is 5.88 Å². The lowest BCUT2D eigenvalue weighted by Crippen LogP contribution is -2.44. The van der Waals surface area contributed by atoms with Crippen molar-refractivity contribution in [2.24, 2.45) is 21.6 Å². The highest BCUT2D eigenvalue weighted by Gasteiger charge is 2.54. The number of nitrogens with zero attached hydrogens (tertiary/aromatic N) is 6. The Balaban J connectivity index is 1.50. The van der Waals surface area contributed by atoms with Gasteiger partial charge in [-0.15, -0.1) is 0 Å². The van der Waals surface area contributed by atoms with Gasteiger partial charge in [-0.05, 0) is 26.3 Å². The lowest BCUT2D eigenvalue weighted by molar-refractivity contribution is -0.119. The Bertz CT molecular complexity index is 1540. The number of fused-ring (bicyclic) bond motifs is 1. The normalized spacial score (nSPS) is 23.5. The van der Waals surface area contributed by atoms with Gasteiger partial charge in [0, 0.05) is 12.3 Å². The van der Waals surface area contributed by atoms with Crippen LogP contribution in [0.15, 0.2) is 47.0 Å². The number of ether oxygens (including phenoxy) is 2. The number of nitrogens with two attached hydrogens (primary N) is 1. The zero-order chi connectivity index (χ0) is 32.8. The van der Waals surface area contributed by atoms with Crippen LogP contribution < -0.4 is 15.7 Å². The first kappa shape index (κ1) is 34.8. The highest BCUT2D eigenvalue weighted by Crippen LogP contribution is 2.47. The van der Waals surface area contributed by atoms with E-state index in [4.69, 9.17) is 24.4 Å². The number of rotatable bonds is 15. The molecule has 1 unspecified atom stereocenters. The van der Waals surface area contributed by atoms with E-state index in [1.54, 1.807) is 13.8 Å². The van der Waals surface area contributed by atoms with Crippen molar-refractivity contribution in [3.05, 3.63) is 42.2 Å². The molecule has 5 atom stereocenters. The Morgan fingerprint density at radius 3 is 2.69 bits per heavy atom. The molecule has 0 saturated carbocycles. The average molecular weight is 669 g/mol. The van der Waals surface area contributed by atoms with Gasteiger partial charge in [0.1, 0.15) is 17.8 Å². The van der Waals surface area contributed by atoms with Crippen LogP contribution in [0.2, 0.25) is 0 Å². The summed E-state index contributed by atoms with van der Waals surface area (Å²) in [7, 11) is -2.67. The number of nitrogens with one attached hydrogen (secondary N) is 1. The average Bonchev–Trinajstić information content (AvgIpc) is 3.54. The summed E-state index contributed by atoms with van der Waals surface area (Å²) in [6.45, 7) is 3.83. The van der Waals surface area contributed by atoms with Crippen molar-refractivity contribution in [2.45, 2.75) is 51.4 Å². The number of imidazole rings is 1. The van der Waals surface area contributed by atoms with Gasteiger partial charge in [0.15, 0.2) is 22.5 Å². The molecule has 17 nitrogen and oxygen atoms in total. The number of hydrogen-bond acceptors (Lipinski definition) is 15. The number of methoxy groups -OCH3 is 1. The molecule has 0 spiro atoms. The highest BCUT2D eigenvalue weighted by molar-refractivity contribution is 8.13. The van der Waals surface area contributed by atoms with E-state index >= 15 is 0 Å². The van der Waals surface area contributed by atoms with Gasteiger partial charge in [0.05, 0.1) is 38.7 Å². The summed E-state index contributed by atoms with van der Waals surface area (Å²) < 4.78 is 37.8. The minimum atomic E-state index is -4.04. The smallest absolute Gasteiger partial charge is 0.405 e. The molecule has 2 aromatic heterocycles. The van der Waals surface area contributed by atoms with Crippen LogP contribution in [0.4, 0.5) is 5.95 Å². The Morgan fingerprint density at radius 2 is 2.02 bits per heavy atom. The summed E-state index contributed by atoms with van der Waals surface area (Å²) in [4.78, 5) is 24.9. The maximum Gasteiger partial charge on any atom is 0.405 e. The molecule has 0 bridgehead atoms. The zero-order valence-electron chi connectivity index (χ0n) is 25.1. The second kappa shape index (κ2) is 14.6. The predicted molar refractivity (Wildman–Crippen MR) is 162 cm³/mol. The van der Waals surface area contributed by atoms with Gasteiger partial charge in [-0.1, -0.05) is 52.4 Å². The number of aliphatic hydroxyl groups excluding tert-OH is 2. The number of aliphatic hydroxyl groups is 3. The van der Waals surface area contributed by atoms with E-state index in [1.165, 1.54) is 24.9 Å². The number of carbonyl (C=O) groups excluding carboxylic acids is 1. The Labute approximate surface area is 263 Å². The standard InChI is InChI=1S/C26H37N8O9PS/c1-25(2,14-35)23(37)45-11-10-41-44(39,29-12-16-8-6-5-7-9-16)42-13-17-19(36)26(3,38)22(43-17)34-15-28-18-20(34)30-24(32-33-27)31-21(18)40-4/h5-9,15,17,19,22,35-36,38H,10-14H2,1-4H3,(H,29,39)(H2,27,30,31,32)/t17-,19-,22-,26-,44?/m1/s1. The minimum absolute atomic E-state index is 0.0709. The SMILES string of the molecule is COc1nc(N=NN)nc2c1ncn2[C@@H]1O[C@H](COP(=O)(NCc2ccccc2)OCCSC(=O)C(C)(C)CO)[C@@H](O)[C@@]1(C)O. The van der Waals surface area contributed by atoms with Gasteiger partial charge in [0.2, 0.25) is 5.88 Å². The van der Waals surface area contributed by atoms with Crippen molar-refractivity contribution >= 4 is 41.7 Å². The van der Waals surface area contributed by atoms with Crippen LogP contribution in [0.1, 0.15) is 32.6 Å². The quantitative estimate of drug-likeness (QED) is 0.0512. The van der Waals surface area contributed by atoms with E-state index < -0.39 is 43.8 Å². The topological polar surface area (TPSA) is 238 Å². The minimum Gasteiger partial charge on any atom is -0.479 e. The van der Waals surface area contributed by atoms with Crippen molar-refractivity contribution in [3.63, 3.8) is 0 Å². The third-order valence-corrected chi connectivity index (χ3v) is 9.72. The Hall–Kier alpha value is -3.06. The predicted octanol–water partition coefficient (Wildman–Crippen LogP) is 2.01. The van der Waals surface area contributed by atoms with Gasteiger partial charge in [0.25, 0.3) is 5.95 Å². The number of hydrogen-bond donors (Lipinski definition) is 5. The molecule has 1 aliphatic rings. The molecule has 0 radical (unpaired) electrons. The lowest BCUT2D eigenvalue weighted by atomic mass is 9.96. The molecule has 0 amide bonds. The van der Waals surface area contributed by atoms with E-state index in [0.29, 0.717) is 0 Å². The maximum absolute atomic E-state index is 13.8. The third-order valence-electron chi connectivity index (χ3n) is 6.98. The summed E-state index contributed by atoms with van der Waals surface area (Å²) in [6, 6.07) is 9.13. The van der Waals surface area contributed by atoms with Gasteiger partial charge in [-0.2, -0.15) is 9.97 Å². The monoisotopic (exact) mass is 668 g/mol. The molecule has 4 rings (SSSR count). The van der Waals surface area contributed by atoms with Crippen molar-refractivity contribution < 1.29 is 43.2 Å². The number of aromatic nitrogens is 4. The number of benzene rings is 1. The molecule has 45 heavy (non-hydrogen) atoms. The van der Waals surface area contributed by atoms with Gasteiger partial charge >= 0.3 is 7.75 Å². The van der Waals surface area contributed by atoms with E-state index in [-0.39, 0.29) is 53.6 Å². The largest absolute Gasteiger partial charge is 0.479 e. The molecule has 0 aliphatic carbocycles. The number of thioether (sulfide) groups is 1. The summed E-state index contributed by atoms with van der Waals surface area (Å²) >= 11 is 0.939. The molecule has 1 aromatic carbocycles. The van der Waals surface area contributed by atoms with E-state index in [9.17, 15) is 24.7 Å². The molecular formula is C26H37N8O9PS. The summed E-state index contributed by atoms with van der Waals surface area (Å²) in [5.74, 6) is 5.23. The van der Waals surface area contributed by atoms with Crippen LogP contribution in [0.5, 0.6) is 5.88 Å². The molecule has 3 heterocycles. The van der Waals surface area contributed by atoms with E-state index in [2.05, 4.69) is 30.4 Å². The van der Waals surface area contributed by atoms with Gasteiger partial charge in [-0.25, -0.2) is 14.6 Å². The number of carbonyl (C=O) groups is 1. The molecule has 3 aromatic rings. The first-order valence-corrected chi connectivity index (χ1v) is 16.3. The fourth-order valence-electron chi connectivity index (χ4n) is 4.30.